The van der Waals surface area contributed by atoms with Crippen molar-refractivity contribution in [1.29, 1.82) is 0 Å². The lowest BCUT2D eigenvalue weighted by Gasteiger charge is -2.19. The molecule has 1 fully saturated rings. The van der Waals surface area contributed by atoms with E-state index in [-0.39, 0.29) is 5.91 Å². The molecule has 1 atom stereocenters. The highest BCUT2D eigenvalue weighted by atomic mass is 32.1. The number of likely N-dealkylation sites (tertiary alicyclic amines) is 1. The van der Waals surface area contributed by atoms with E-state index >= 15 is 0 Å². The molecule has 2 amide bonds. The SMILES string of the molecule is CN1CCCC1CCNC(=O)c1ccc(C(=O)NO)s1. The van der Waals surface area contributed by atoms with Gasteiger partial charge >= 0.3 is 0 Å². The van der Waals surface area contributed by atoms with Gasteiger partial charge in [0.15, 0.2) is 0 Å². The Hall–Kier alpha value is -1.44. The summed E-state index contributed by atoms with van der Waals surface area (Å²) in [6.45, 7) is 1.76. The molecule has 0 radical (unpaired) electrons. The predicted octanol–water partition coefficient (Wildman–Crippen LogP) is 1.08. The van der Waals surface area contributed by atoms with Gasteiger partial charge in [-0.15, -0.1) is 11.3 Å². The molecule has 0 aromatic carbocycles. The van der Waals surface area contributed by atoms with Crippen molar-refractivity contribution in [3.05, 3.63) is 21.9 Å². The topological polar surface area (TPSA) is 81.7 Å². The molecule has 1 aromatic heterocycles. The smallest absolute Gasteiger partial charge is 0.284 e. The van der Waals surface area contributed by atoms with E-state index in [0.717, 1.165) is 24.3 Å². The van der Waals surface area contributed by atoms with E-state index in [1.807, 2.05) is 0 Å². The number of carbonyl (C=O) groups excluding carboxylic acids is 2. The number of hydroxylamine groups is 1. The largest absolute Gasteiger partial charge is 0.351 e. The lowest BCUT2D eigenvalue weighted by Crippen LogP contribution is -2.31. The van der Waals surface area contributed by atoms with Gasteiger partial charge in [-0.3, -0.25) is 14.8 Å². The summed E-state index contributed by atoms with van der Waals surface area (Å²) in [6.07, 6.45) is 3.35. The van der Waals surface area contributed by atoms with Gasteiger partial charge in [-0.25, -0.2) is 5.48 Å². The molecule has 1 aliphatic heterocycles. The number of thiophene rings is 1. The predicted molar refractivity (Wildman–Crippen MR) is 76.2 cm³/mol. The van der Waals surface area contributed by atoms with Crippen molar-refractivity contribution in [2.45, 2.75) is 25.3 Å². The third-order valence-corrected chi connectivity index (χ3v) is 4.67. The van der Waals surface area contributed by atoms with Crippen LogP contribution in [0.2, 0.25) is 0 Å². The first kappa shape index (κ1) is 15.0. The Morgan fingerprint density at radius 1 is 1.40 bits per heavy atom. The zero-order chi connectivity index (χ0) is 14.5. The molecule has 110 valence electrons. The summed E-state index contributed by atoms with van der Waals surface area (Å²) in [5.74, 6) is -0.769. The van der Waals surface area contributed by atoms with Crippen molar-refractivity contribution in [3.8, 4) is 0 Å². The molecule has 1 aromatic rings. The van der Waals surface area contributed by atoms with Gasteiger partial charge < -0.3 is 10.2 Å². The van der Waals surface area contributed by atoms with Crippen LogP contribution in [0.15, 0.2) is 12.1 Å². The maximum absolute atomic E-state index is 11.9. The van der Waals surface area contributed by atoms with E-state index in [0.29, 0.717) is 22.3 Å². The number of nitrogens with one attached hydrogen (secondary N) is 2. The van der Waals surface area contributed by atoms with Crippen LogP contribution in [0.25, 0.3) is 0 Å². The highest BCUT2D eigenvalue weighted by molar-refractivity contribution is 7.15. The van der Waals surface area contributed by atoms with Crippen LogP contribution < -0.4 is 10.8 Å². The second kappa shape index (κ2) is 6.83. The molecule has 6 nitrogen and oxygen atoms in total. The Morgan fingerprint density at radius 2 is 2.10 bits per heavy atom. The van der Waals surface area contributed by atoms with Crippen molar-refractivity contribution < 1.29 is 14.8 Å². The average molecular weight is 297 g/mol. The van der Waals surface area contributed by atoms with Gasteiger partial charge in [0, 0.05) is 12.6 Å². The number of nitrogens with zero attached hydrogens (tertiary/aromatic N) is 1. The molecule has 1 aliphatic rings. The minimum atomic E-state index is -0.596. The van der Waals surface area contributed by atoms with E-state index in [1.54, 1.807) is 11.5 Å². The fraction of sp³-hybridized carbons (Fsp3) is 0.538. The van der Waals surface area contributed by atoms with Crippen molar-refractivity contribution in [2.24, 2.45) is 0 Å². The first-order valence-electron chi connectivity index (χ1n) is 6.64. The Kier molecular flexibility index (Phi) is 5.11. The highest BCUT2D eigenvalue weighted by Crippen LogP contribution is 2.18. The normalized spacial score (nSPS) is 19.0. The van der Waals surface area contributed by atoms with Gasteiger partial charge in [0.1, 0.15) is 0 Å². The summed E-state index contributed by atoms with van der Waals surface area (Å²) >= 11 is 1.06. The molecule has 0 aliphatic carbocycles. The molecule has 1 saturated heterocycles. The van der Waals surface area contributed by atoms with E-state index < -0.39 is 5.91 Å². The van der Waals surface area contributed by atoms with Gasteiger partial charge in [0.2, 0.25) is 0 Å². The van der Waals surface area contributed by atoms with Crippen LogP contribution in [0.4, 0.5) is 0 Å². The molecule has 1 unspecified atom stereocenters. The van der Waals surface area contributed by atoms with Crippen LogP contribution >= 0.6 is 11.3 Å². The van der Waals surface area contributed by atoms with Gasteiger partial charge in [0.25, 0.3) is 11.8 Å². The standard InChI is InChI=1S/C13H19N3O3S/c1-16-8-2-3-9(16)6-7-14-12(17)10-4-5-11(20-10)13(18)15-19/h4-5,9,19H,2-3,6-8H2,1H3,(H,14,17)(H,15,18). The van der Waals surface area contributed by atoms with E-state index in [2.05, 4.69) is 17.3 Å². The van der Waals surface area contributed by atoms with Crippen LogP contribution in [0, 0.1) is 0 Å². The molecule has 20 heavy (non-hydrogen) atoms. The second-order valence-electron chi connectivity index (χ2n) is 4.93. The molecule has 3 N–H and O–H groups in total. The Labute approximate surface area is 121 Å². The minimum Gasteiger partial charge on any atom is -0.351 e. The van der Waals surface area contributed by atoms with Crippen molar-refractivity contribution >= 4 is 23.2 Å². The summed E-state index contributed by atoms with van der Waals surface area (Å²) in [5.41, 5.74) is 1.55. The fourth-order valence-electron chi connectivity index (χ4n) is 2.42. The number of carbonyl (C=O) groups is 2. The average Bonchev–Trinajstić information content (AvgIpc) is 3.07. The molecule has 2 rings (SSSR count). The van der Waals surface area contributed by atoms with Crippen LogP contribution in [0.5, 0.6) is 0 Å². The Balaban J connectivity index is 1.79. The lowest BCUT2D eigenvalue weighted by molar-refractivity contribution is 0.0711. The van der Waals surface area contributed by atoms with Gasteiger partial charge in [-0.1, -0.05) is 0 Å². The minimum absolute atomic E-state index is 0.173. The number of amides is 2. The number of rotatable bonds is 5. The summed E-state index contributed by atoms with van der Waals surface area (Å²) in [6, 6.07) is 3.66. The Bertz CT molecular complexity index is 489. The van der Waals surface area contributed by atoms with E-state index in [4.69, 9.17) is 5.21 Å². The maximum Gasteiger partial charge on any atom is 0.284 e. The number of hydrogen-bond donors (Lipinski definition) is 3. The summed E-state index contributed by atoms with van der Waals surface area (Å²) in [4.78, 5) is 26.2. The van der Waals surface area contributed by atoms with Crippen LogP contribution in [-0.4, -0.2) is 48.1 Å². The van der Waals surface area contributed by atoms with Crippen molar-refractivity contribution in [2.75, 3.05) is 20.1 Å². The summed E-state index contributed by atoms with van der Waals surface area (Å²) in [5, 5.41) is 11.4. The molecular weight excluding hydrogens is 278 g/mol. The molecule has 2 heterocycles. The van der Waals surface area contributed by atoms with E-state index in [1.165, 1.54) is 18.9 Å². The molecule has 0 bridgehead atoms. The fourth-order valence-corrected chi connectivity index (χ4v) is 3.23. The quantitative estimate of drug-likeness (QED) is 0.561. The molecule has 0 saturated carbocycles. The van der Waals surface area contributed by atoms with Crippen LogP contribution in [0.3, 0.4) is 0 Å². The first-order chi connectivity index (χ1) is 9.61. The molecule has 0 spiro atoms. The zero-order valence-electron chi connectivity index (χ0n) is 11.4. The van der Waals surface area contributed by atoms with Crippen molar-refractivity contribution in [3.63, 3.8) is 0 Å². The summed E-state index contributed by atoms with van der Waals surface area (Å²) in [7, 11) is 2.11. The van der Waals surface area contributed by atoms with Gasteiger partial charge in [-0.2, -0.15) is 0 Å². The highest BCUT2D eigenvalue weighted by Gasteiger charge is 2.20. The third kappa shape index (κ3) is 3.56. The van der Waals surface area contributed by atoms with Crippen molar-refractivity contribution in [1.82, 2.24) is 15.7 Å². The first-order valence-corrected chi connectivity index (χ1v) is 7.46. The maximum atomic E-state index is 11.9. The third-order valence-electron chi connectivity index (χ3n) is 3.59. The monoisotopic (exact) mass is 297 g/mol. The van der Waals surface area contributed by atoms with E-state index in [9.17, 15) is 9.59 Å². The van der Waals surface area contributed by atoms with Crippen LogP contribution in [-0.2, 0) is 0 Å². The number of hydrogen-bond acceptors (Lipinski definition) is 5. The molecular formula is C13H19N3O3S. The second-order valence-corrected chi connectivity index (χ2v) is 6.01. The van der Waals surface area contributed by atoms with Crippen LogP contribution in [0.1, 0.15) is 38.6 Å². The lowest BCUT2D eigenvalue weighted by atomic mass is 10.1. The zero-order valence-corrected chi connectivity index (χ0v) is 12.2. The Morgan fingerprint density at radius 3 is 2.70 bits per heavy atom. The van der Waals surface area contributed by atoms with Gasteiger partial charge in [-0.05, 0) is 45.0 Å². The molecule has 7 heteroatoms. The summed E-state index contributed by atoms with van der Waals surface area (Å²) < 4.78 is 0. The van der Waals surface area contributed by atoms with Gasteiger partial charge in [0.05, 0.1) is 9.75 Å².